The summed E-state index contributed by atoms with van der Waals surface area (Å²) < 4.78 is 0. The molecule has 0 aromatic heterocycles. The highest BCUT2D eigenvalue weighted by molar-refractivity contribution is 5.49. The van der Waals surface area contributed by atoms with Crippen LogP contribution in [-0.2, 0) is 4.79 Å². The van der Waals surface area contributed by atoms with E-state index in [0.717, 1.165) is 18.7 Å². The summed E-state index contributed by atoms with van der Waals surface area (Å²) in [6, 6.07) is 0. The van der Waals surface area contributed by atoms with Gasteiger partial charge >= 0.3 is 0 Å². The van der Waals surface area contributed by atoms with Gasteiger partial charge in [-0.1, -0.05) is 0 Å². The molecule has 0 radical (unpaired) electrons. The monoisotopic (exact) mass is 141 g/mol. The van der Waals surface area contributed by atoms with Crippen molar-refractivity contribution in [2.45, 2.75) is 19.3 Å². The minimum Gasteiger partial charge on any atom is -0.306 e. The lowest BCUT2D eigenvalue weighted by Gasteiger charge is -2.13. The lowest BCUT2D eigenvalue weighted by molar-refractivity contribution is -0.108. The fourth-order valence-corrected chi connectivity index (χ4v) is 1.11. The van der Waals surface area contributed by atoms with Crippen LogP contribution in [0.3, 0.4) is 0 Å². The van der Waals surface area contributed by atoms with Gasteiger partial charge < -0.3 is 9.69 Å². The SMILES string of the molecule is CN(CCC=O)CC1CC1. The molecular formula is C8H15NO. The Labute approximate surface area is 62.2 Å². The molecule has 1 saturated carbocycles. The number of rotatable bonds is 5. The van der Waals surface area contributed by atoms with Crippen molar-refractivity contribution < 1.29 is 4.79 Å². The van der Waals surface area contributed by atoms with Crippen molar-refractivity contribution in [3.05, 3.63) is 0 Å². The standard InChI is InChI=1S/C8H15NO/c1-9(5-2-6-10)7-8-3-4-8/h6,8H,2-5,7H2,1H3. The van der Waals surface area contributed by atoms with Crippen molar-refractivity contribution in [3.63, 3.8) is 0 Å². The third-order valence-electron chi connectivity index (χ3n) is 1.90. The first kappa shape index (κ1) is 7.73. The molecule has 1 fully saturated rings. The van der Waals surface area contributed by atoms with E-state index in [-0.39, 0.29) is 0 Å². The van der Waals surface area contributed by atoms with Gasteiger partial charge in [-0.15, -0.1) is 0 Å². The highest BCUT2D eigenvalue weighted by atomic mass is 16.1. The Morgan fingerprint density at radius 1 is 1.60 bits per heavy atom. The Balaban J connectivity index is 1.96. The first-order valence-electron chi connectivity index (χ1n) is 3.95. The molecular weight excluding hydrogens is 126 g/mol. The Morgan fingerprint density at radius 2 is 2.30 bits per heavy atom. The molecule has 2 heteroatoms. The molecule has 0 spiro atoms. The van der Waals surface area contributed by atoms with Crippen LogP contribution in [0.1, 0.15) is 19.3 Å². The molecule has 1 aliphatic carbocycles. The molecule has 10 heavy (non-hydrogen) atoms. The summed E-state index contributed by atoms with van der Waals surface area (Å²) in [6.45, 7) is 2.12. The zero-order chi connectivity index (χ0) is 7.40. The maximum absolute atomic E-state index is 9.98. The minimum atomic E-state index is 0.684. The van der Waals surface area contributed by atoms with Crippen LogP contribution in [0.15, 0.2) is 0 Å². The molecule has 0 bridgehead atoms. The van der Waals surface area contributed by atoms with Crippen LogP contribution in [0, 0.1) is 5.92 Å². The summed E-state index contributed by atoms with van der Waals surface area (Å²) in [4.78, 5) is 12.2. The van der Waals surface area contributed by atoms with Crippen LogP contribution in [0.5, 0.6) is 0 Å². The zero-order valence-corrected chi connectivity index (χ0v) is 6.55. The van der Waals surface area contributed by atoms with E-state index < -0.39 is 0 Å². The maximum atomic E-state index is 9.98. The Kier molecular flexibility index (Phi) is 2.87. The second kappa shape index (κ2) is 3.71. The third kappa shape index (κ3) is 2.97. The van der Waals surface area contributed by atoms with Crippen LogP contribution in [-0.4, -0.2) is 31.3 Å². The number of aldehydes is 1. The molecule has 0 aromatic carbocycles. The molecule has 2 nitrogen and oxygen atoms in total. The lowest BCUT2D eigenvalue weighted by atomic mass is 10.3. The van der Waals surface area contributed by atoms with Gasteiger partial charge in [0.2, 0.25) is 0 Å². The van der Waals surface area contributed by atoms with Crippen LogP contribution in [0.4, 0.5) is 0 Å². The van der Waals surface area contributed by atoms with E-state index in [9.17, 15) is 4.79 Å². The van der Waals surface area contributed by atoms with Gasteiger partial charge in [-0.05, 0) is 25.8 Å². The Hall–Kier alpha value is -0.370. The van der Waals surface area contributed by atoms with E-state index >= 15 is 0 Å². The van der Waals surface area contributed by atoms with Gasteiger partial charge in [-0.2, -0.15) is 0 Å². The summed E-state index contributed by atoms with van der Waals surface area (Å²) in [5.74, 6) is 0.941. The normalized spacial score (nSPS) is 17.8. The summed E-state index contributed by atoms with van der Waals surface area (Å²) in [5.41, 5.74) is 0. The highest BCUT2D eigenvalue weighted by Gasteiger charge is 2.22. The van der Waals surface area contributed by atoms with Crippen molar-refractivity contribution in [2.24, 2.45) is 5.92 Å². The molecule has 58 valence electrons. The van der Waals surface area contributed by atoms with Crippen molar-refractivity contribution >= 4 is 6.29 Å². The number of carbonyl (C=O) groups is 1. The van der Waals surface area contributed by atoms with Crippen molar-refractivity contribution in [1.29, 1.82) is 0 Å². The molecule has 0 heterocycles. The highest BCUT2D eigenvalue weighted by Crippen LogP contribution is 2.29. The number of hydrogen-bond donors (Lipinski definition) is 0. The number of hydrogen-bond acceptors (Lipinski definition) is 2. The van der Waals surface area contributed by atoms with E-state index in [1.54, 1.807) is 0 Å². The molecule has 0 unspecified atom stereocenters. The average Bonchev–Trinajstić information content (AvgIpc) is 2.67. The lowest BCUT2D eigenvalue weighted by Crippen LogP contribution is -2.22. The smallest absolute Gasteiger partial charge is 0.121 e. The summed E-state index contributed by atoms with van der Waals surface area (Å²) in [5, 5.41) is 0. The number of carbonyl (C=O) groups excluding carboxylic acids is 1. The van der Waals surface area contributed by atoms with Crippen LogP contribution in [0.25, 0.3) is 0 Å². The van der Waals surface area contributed by atoms with Crippen molar-refractivity contribution in [1.82, 2.24) is 4.90 Å². The van der Waals surface area contributed by atoms with Crippen LogP contribution >= 0.6 is 0 Å². The quantitative estimate of drug-likeness (QED) is 0.530. The fraction of sp³-hybridized carbons (Fsp3) is 0.875. The molecule has 0 atom stereocenters. The van der Waals surface area contributed by atoms with Crippen LogP contribution in [0.2, 0.25) is 0 Å². The topological polar surface area (TPSA) is 20.3 Å². The van der Waals surface area contributed by atoms with E-state index in [1.165, 1.54) is 19.4 Å². The zero-order valence-electron chi connectivity index (χ0n) is 6.55. The maximum Gasteiger partial charge on any atom is 0.121 e. The van der Waals surface area contributed by atoms with Gasteiger partial charge in [0, 0.05) is 19.5 Å². The minimum absolute atomic E-state index is 0.684. The first-order valence-corrected chi connectivity index (χ1v) is 3.95. The fourth-order valence-electron chi connectivity index (χ4n) is 1.11. The number of nitrogens with zero attached hydrogens (tertiary/aromatic N) is 1. The Bertz CT molecular complexity index is 110. The predicted molar refractivity (Wildman–Crippen MR) is 40.9 cm³/mol. The Morgan fingerprint density at radius 3 is 2.80 bits per heavy atom. The predicted octanol–water partition coefficient (Wildman–Crippen LogP) is 0.917. The average molecular weight is 141 g/mol. The first-order chi connectivity index (χ1) is 4.83. The second-order valence-corrected chi connectivity index (χ2v) is 3.16. The van der Waals surface area contributed by atoms with E-state index in [1.807, 2.05) is 0 Å². The van der Waals surface area contributed by atoms with E-state index in [4.69, 9.17) is 0 Å². The summed E-state index contributed by atoms with van der Waals surface area (Å²) in [6.07, 6.45) is 4.46. The van der Waals surface area contributed by atoms with Crippen LogP contribution < -0.4 is 0 Å². The summed E-state index contributed by atoms with van der Waals surface area (Å²) in [7, 11) is 2.09. The van der Waals surface area contributed by atoms with Crippen molar-refractivity contribution in [3.8, 4) is 0 Å². The van der Waals surface area contributed by atoms with E-state index in [0.29, 0.717) is 6.42 Å². The van der Waals surface area contributed by atoms with Gasteiger partial charge in [0.1, 0.15) is 6.29 Å². The summed E-state index contributed by atoms with van der Waals surface area (Å²) >= 11 is 0. The molecule has 1 aliphatic rings. The third-order valence-corrected chi connectivity index (χ3v) is 1.90. The van der Waals surface area contributed by atoms with Gasteiger partial charge in [-0.3, -0.25) is 0 Å². The molecule has 0 aliphatic heterocycles. The van der Waals surface area contributed by atoms with Crippen molar-refractivity contribution in [2.75, 3.05) is 20.1 Å². The van der Waals surface area contributed by atoms with Gasteiger partial charge in [0.05, 0.1) is 0 Å². The second-order valence-electron chi connectivity index (χ2n) is 3.16. The molecule has 0 amide bonds. The molecule has 0 N–H and O–H groups in total. The molecule has 1 rings (SSSR count). The molecule has 0 aromatic rings. The van der Waals surface area contributed by atoms with Gasteiger partial charge in [0.15, 0.2) is 0 Å². The van der Waals surface area contributed by atoms with Gasteiger partial charge in [0.25, 0.3) is 0 Å². The largest absolute Gasteiger partial charge is 0.306 e. The van der Waals surface area contributed by atoms with Gasteiger partial charge in [-0.25, -0.2) is 0 Å². The van der Waals surface area contributed by atoms with E-state index in [2.05, 4.69) is 11.9 Å². The molecule has 0 saturated heterocycles.